The van der Waals surface area contributed by atoms with Crippen LogP contribution >= 0.6 is 0 Å². The van der Waals surface area contributed by atoms with Gasteiger partial charge in [0.15, 0.2) is 12.6 Å². The van der Waals surface area contributed by atoms with Gasteiger partial charge in [-0.3, -0.25) is 4.79 Å². The molecule has 0 aromatic rings. The summed E-state index contributed by atoms with van der Waals surface area (Å²) in [6.07, 6.45) is 65.2. The van der Waals surface area contributed by atoms with Crippen LogP contribution in [0.5, 0.6) is 0 Å². The lowest BCUT2D eigenvalue weighted by Gasteiger charge is -2.46. The van der Waals surface area contributed by atoms with Crippen molar-refractivity contribution in [1.82, 2.24) is 5.32 Å². The van der Waals surface area contributed by atoms with Crippen molar-refractivity contribution >= 4 is 5.91 Å². The van der Waals surface area contributed by atoms with Crippen molar-refractivity contribution in [3.63, 3.8) is 0 Å². The average molecular weight is 1240 g/mol. The van der Waals surface area contributed by atoms with Gasteiger partial charge < -0.3 is 65.1 Å². The second-order valence-corrected chi connectivity index (χ2v) is 24.3. The van der Waals surface area contributed by atoms with Crippen LogP contribution in [0.4, 0.5) is 0 Å². The van der Waals surface area contributed by atoms with Gasteiger partial charge in [-0.2, -0.15) is 0 Å². The lowest BCUT2D eigenvalue weighted by molar-refractivity contribution is -0.359. The van der Waals surface area contributed by atoms with Crippen LogP contribution in [-0.2, 0) is 23.7 Å². The number of amides is 1. The molecule has 1 amide bonds. The van der Waals surface area contributed by atoms with Gasteiger partial charge in [-0.1, -0.05) is 277 Å². The minimum absolute atomic E-state index is 0.228. The third kappa shape index (κ3) is 41.2. The van der Waals surface area contributed by atoms with E-state index in [2.05, 4.69) is 129 Å². The first kappa shape index (κ1) is 80.7. The van der Waals surface area contributed by atoms with Gasteiger partial charge in [0.25, 0.3) is 0 Å². The fourth-order valence-electron chi connectivity index (χ4n) is 10.9. The van der Waals surface area contributed by atoms with Crippen LogP contribution in [0.3, 0.4) is 0 Å². The van der Waals surface area contributed by atoms with Gasteiger partial charge in [0.1, 0.15) is 48.8 Å². The van der Waals surface area contributed by atoms with Gasteiger partial charge >= 0.3 is 0 Å². The Hall–Kier alpha value is -3.35. The number of unbranched alkanes of at least 4 members (excludes halogenated alkanes) is 25. The third-order valence-corrected chi connectivity index (χ3v) is 16.5. The topological polar surface area (TPSA) is 228 Å². The second-order valence-electron chi connectivity index (χ2n) is 24.3. The predicted octanol–water partition coefficient (Wildman–Crippen LogP) is 14.3. The van der Waals surface area contributed by atoms with Crippen molar-refractivity contribution in [3.05, 3.63) is 109 Å². The number of rotatable bonds is 56. The quantitative estimate of drug-likeness (QED) is 0.0204. The molecule has 9 N–H and O–H groups in total. The smallest absolute Gasteiger partial charge is 0.220 e. The Morgan fingerprint density at radius 2 is 0.784 bits per heavy atom. The molecule has 2 fully saturated rings. The Kier molecular flexibility index (Phi) is 52.8. The molecule has 2 saturated heterocycles. The van der Waals surface area contributed by atoms with Crippen molar-refractivity contribution in [1.29, 1.82) is 0 Å². The molecule has 2 rings (SSSR count). The van der Waals surface area contributed by atoms with E-state index in [9.17, 15) is 45.6 Å². The van der Waals surface area contributed by atoms with E-state index >= 15 is 0 Å². The molecule has 0 aromatic carbocycles. The van der Waals surface area contributed by atoms with Crippen molar-refractivity contribution in [2.45, 2.75) is 331 Å². The monoisotopic (exact) mass is 1240 g/mol. The molecule has 2 heterocycles. The third-order valence-electron chi connectivity index (χ3n) is 16.5. The van der Waals surface area contributed by atoms with E-state index in [1.54, 1.807) is 0 Å². The lowest BCUT2D eigenvalue weighted by atomic mass is 9.97. The van der Waals surface area contributed by atoms with Crippen molar-refractivity contribution in [2.24, 2.45) is 0 Å². The van der Waals surface area contributed by atoms with Crippen molar-refractivity contribution in [2.75, 3.05) is 19.8 Å². The number of hydrogen-bond acceptors (Lipinski definition) is 13. The molecule has 88 heavy (non-hydrogen) atoms. The molecule has 0 saturated carbocycles. The molecule has 506 valence electrons. The Morgan fingerprint density at radius 3 is 1.20 bits per heavy atom. The minimum atomic E-state index is -1.79. The molecule has 0 aliphatic carbocycles. The maximum Gasteiger partial charge on any atom is 0.220 e. The highest BCUT2D eigenvalue weighted by Crippen LogP contribution is 2.30. The van der Waals surface area contributed by atoms with Crippen LogP contribution in [0.15, 0.2) is 109 Å². The van der Waals surface area contributed by atoms with E-state index in [-0.39, 0.29) is 18.9 Å². The van der Waals surface area contributed by atoms with Crippen LogP contribution in [0, 0.1) is 0 Å². The zero-order chi connectivity index (χ0) is 63.8. The van der Waals surface area contributed by atoms with E-state index in [4.69, 9.17) is 18.9 Å². The Labute approximate surface area is 534 Å². The summed E-state index contributed by atoms with van der Waals surface area (Å²) in [6, 6.07) is -0.849. The van der Waals surface area contributed by atoms with E-state index in [0.29, 0.717) is 12.8 Å². The number of aliphatic hydroxyl groups excluding tert-OH is 8. The fraction of sp³-hybridized carbons (Fsp3) is 0.743. The van der Waals surface area contributed by atoms with Gasteiger partial charge in [0.2, 0.25) is 5.91 Å². The Bertz CT molecular complexity index is 1890. The molecule has 14 nitrogen and oxygen atoms in total. The molecule has 0 spiro atoms. The van der Waals surface area contributed by atoms with Gasteiger partial charge in [0, 0.05) is 6.42 Å². The molecular weight excluding hydrogens is 1110 g/mol. The zero-order valence-electron chi connectivity index (χ0n) is 54.9. The van der Waals surface area contributed by atoms with Crippen LogP contribution in [0.25, 0.3) is 0 Å². The Balaban J connectivity index is 1.69. The molecule has 2 aliphatic rings. The number of aliphatic hydroxyl groups is 8. The first-order valence-corrected chi connectivity index (χ1v) is 35.1. The first-order valence-electron chi connectivity index (χ1n) is 35.1. The summed E-state index contributed by atoms with van der Waals surface area (Å²) in [6.45, 7) is 2.75. The molecule has 0 radical (unpaired) electrons. The summed E-state index contributed by atoms with van der Waals surface area (Å²) in [5.41, 5.74) is 0. The zero-order valence-corrected chi connectivity index (χ0v) is 54.9. The summed E-state index contributed by atoms with van der Waals surface area (Å²) < 4.78 is 22.9. The number of nitrogens with one attached hydrogen (secondary N) is 1. The number of carbonyl (C=O) groups is 1. The fourth-order valence-corrected chi connectivity index (χ4v) is 10.9. The van der Waals surface area contributed by atoms with E-state index in [0.717, 1.165) is 116 Å². The van der Waals surface area contributed by atoms with E-state index in [1.807, 2.05) is 0 Å². The van der Waals surface area contributed by atoms with Crippen molar-refractivity contribution in [3.8, 4) is 0 Å². The lowest BCUT2D eigenvalue weighted by Crippen LogP contribution is -2.65. The predicted molar refractivity (Wildman–Crippen MR) is 359 cm³/mol. The highest BCUT2D eigenvalue weighted by molar-refractivity contribution is 5.76. The van der Waals surface area contributed by atoms with Crippen LogP contribution in [-0.4, -0.2) is 140 Å². The molecule has 12 atom stereocenters. The van der Waals surface area contributed by atoms with Gasteiger partial charge in [0.05, 0.1) is 32.0 Å². The van der Waals surface area contributed by atoms with E-state index in [1.165, 1.54) is 109 Å². The first-order chi connectivity index (χ1) is 43.1. The van der Waals surface area contributed by atoms with Crippen LogP contribution < -0.4 is 5.32 Å². The van der Waals surface area contributed by atoms with Crippen molar-refractivity contribution < 1.29 is 64.6 Å². The van der Waals surface area contributed by atoms with E-state index < -0.39 is 86.8 Å². The maximum absolute atomic E-state index is 13.3. The average Bonchev–Trinajstić information content (AvgIpc) is 2.07. The molecule has 0 bridgehead atoms. The maximum atomic E-state index is 13.3. The summed E-state index contributed by atoms with van der Waals surface area (Å²) in [7, 11) is 0. The number of allylic oxidation sites excluding steroid dienone is 18. The summed E-state index contributed by atoms with van der Waals surface area (Å²) in [4.78, 5) is 13.3. The van der Waals surface area contributed by atoms with Gasteiger partial charge in [-0.05, 0) is 83.5 Å². The highest BCUT2D eigenvalue weighted by Gasteiger charge is 2.51. The molecular formula is C74H127NO13. The molecule has 0 aromatic heterocycles. The Morgan fingerprint density at radius 1 is 0.420 bits per heavy atom. The number of ether oxygens (including phenoxy) is 4. The van der Waals surface area contributed by atoms with Crippen LogP contribution in [0.1, 0.15) is 258 Å². The number of carbonyl (C=O) groups excluding carboxylic acids is 1. The van der Waals surface area contributed by atoms with Crippen LogP contribution in [0.2, 0.25) is 0 Å². The SMILES string of the molecule is CC/C=C\C/C=C\C/C=C\C/C=C\C/C=C\C/C=C\C/C=C\C/C=C\C/C=C\CCCCCCCC(=O)NC(COC1OC(CO)C(OC2OC(CO)C(O)C(O)C2O)C(O)C1O)C(O)CCCCCCCCCCCCCCCCCCCCCCC. The van der Waals surface area contributed by atoms with Gasteiger partial charge in [-0.15, -0.1) is 0 Å². The summed E-state index contributed by atoms with van der Waals surface area (Å²) in [5, 5.41) is 87.6. The largest absolute Gasteiger partial charge is 0.394 e. The number of hydrogen-bond donors (Lipinski definition) is 9. The van der Waals surface area contributed by atoms with Gasteiger partial charge in [-0.25, -0.2) is 0 Å². The molecule has 2 aliphatic heterocycles. The normalized spacial score (nSPS) is 23.8. The summed E-state index contributed by atoms with van der Waals surface area (Å²) in [5.74, 6) is -0.228. The molecule has 14 heteroatoms. The highest BCUT2D eigenvalue weighted by atomic mass is 16.7. The minimum Gasteiger partial charge on any atom is -0.394 e. The molecule has 12 unspecified atom stereocenters. The standard InChI is InChI=1S/C74H127NO13/c1-3-5-7-9-11-13-15-17-19-21-23-25-26-27-28-29-30-31-32-33-34-35-36-38-40-42-44-46-48-50-52-54-56-58-66(79)75-62(63(78)57-55-53-51-49-47-45-43-41-39-37-24-22-20-18-16-14-12-10-8-6-4-2)61-85-73-71(84)69(82)72(65(60-77)87-73)88-74-70(83)68(81)67(80)64(59-76)86-74/h5,7,11,13,17,19,23,25,27-28,30-31,33-34,36,38,42,44,62-65,67-74,76-78,80-84H,3-4,6,8-10,12,14-16,18,20-22,24,26,29,32,35,37,39-41,43,45-61H2,1-2H3,(H,75,79)/b7-5-,13-11-,19-17-,25-23-,28-27-,31-30-,34-33-,38-36-,44-42-. The summed E-state index contributed by atoms with van der Waals surface area (Å²) >= 11 is 0. The second kappa shape index (κ2) is 57.5.